The Bertz CT molecular complexity index is 391. The van der Waals surface area contributed by atoms with Crippen molar-refractivity contribution < 1.29 is 14.3 Å². The second kappa shape index (κ2) is 9.34. The van der Waals surface area contributed by atoms with Gasteiger partial charge >= 0.3 is 0 Å². The standard InChI is InChI=1S/C15H24N2O3/c1-12(2)20-11-10-19-9-3-4-15(18)17-14-7-5-13(16)6-8-14/h5-8,12H,3-4,9-11,16H2,1-2H3,(H,17,18). The summed E-state index contributed by atoms with van der Waals surface area (Å²) in [5.41, 5.74) is 7.02. The average molecular weight is 280 g/mol. The van der Waals surface area contributed by atoms with Crippen molar-refractivity contribution in [2.45, 2.75) is 32.8 Å². The molecule has 0 heterocycles. The van der Waals surface area contributed by atoms with Crippen LogP contribution in [0.5, 0.6) is 0 Å². The van der Waals surface area contributed by atoms with Crippen molar-refractivity contribution in [1.29, 1.82) is 0 Å². The predicted octanol–water partition coefficient (Wildman–Crippen LogP) is 2.43. The van der Waals surface area contributed by atoms with Gasteiger partial charge in [0.15, 0.2) is 0 Å². The summed E-state index contributed by atoms with van der Waals surface area (Å²) >= 11 is 0. The lowest BCUT2D eigenvalue weighted by molar-refractivity contribution is -0.116. The van der Waals surface area contributed by atoms with Crippen molar-refractivity contribution in [3.8, 4) is 0 Å². The molecule has 1 amide bonds. The van der Waals surface area contributed by atoms with Gasteiger partial charge in [-0.3, -0.25) is 4.79 Å². The van der Waals surface area contributed by atoms with Crippen molar-refractivity contribution >= 4 is 17.3 Å². The summed E-state index contributed by atoms with van der Waals surface area (Å²) < 4.78 is 10.7. The zero-order chi connectivity index (χ0) is 14.8. The van der Waals surface area contributed by atoms with Crippen molar-refractivity contribution in [1.82, 2.24) is 0 Å². The van der Waals surface area contributed by atoms with E-state index >= 15 is 0 Å². The third kappa shape index (κ3) is 7.76. The monoisotopic (exact) mass is 280 g/mol. The number of carbonyl (C=O) groups is 1. The summed E-state index contributed by atoms with van der Waals surface area (Å²) in [6.45, 7) is 5.70. The number of nitrogen functional groups attached to an aromatic ring is 1. The minimum atomic E-state index is -0.0169. The maximum Gasteiger partial charge on any atom is 0.224 e. The van der Waals surface area contributed by atoms with Gasteiger partial charge in [-0.25, -0.2) is 0 Å². The molecule has 5 nitrogen and oxygen atoms in total. The average Bonchev–Trinajstić information content (AvgIpc) is 2.40. The molecule has 0 fully saturated rings. The number of benzene rings is 1. The van der Waals surface area contributed by atoms with Crippen LogP contribution in [0.15, 0.2) is 24.3 Å². The molecule has 5 heteroatoms. The van der Waals surface area contributed by atoms with Gasteiger partial charge < -0.3 is 20.5 Å². The molecule has 0 atom stereocenters. The van der Waals surface area contributed by atoms with E-state index in [1.54, 1.807) is 24.3 Å². The van der Waals surface area contributed by atoms with Gasteiger partial charge in [0.1, 0.15) is 0 Å². The van der Waals surface area contributed by atoms with Gasteiger partial charge in [0.2, 0.25) is 5.91 Å². The first-order valence-corrected chi connectivity index (χ1v) is 6.92. The second-order valence-electron chi connectivity index (χ2n) is 4.81. The van der Waals surface area contributed by atoms with E-state index in [0.29, 0.717) is 38.3 Å². The highest BCUT2D eigenvalue weighted by Gasteiger charge is 2.02. The summed E-state index contributed by atoms with van der Waals surface area (Å²) in [5.74, 6) is -0.0169. The van der Waals surface area contributed by atoms with Crippen LogP contribution in [0, 0.1) is 0 Å². The molecule has 1 rings (SSSR count). The van der Waals surface area contributed by atoms with Crippen LogP contribution in [0.1, 0.15) is 26.7 Å². The molecule has 0 aromatic heterocycles. The van der Waals surface area contributed by atoms with Crippen molar-refractivity contribution in [3.63, 3.8) is 0 Å². The maximum absolute atomic E-state index is 11.7. The topological polar surface area (TPSA) is 73.6 Å². The molecule has 0 radical (unpaired) electrons. The van der Waals surface area contributed by atoms with E-state index in [-0.39, 0.29) is 12.0 Å². The van der Waals surface area contributed by atoms with E-state index < -0.39 is 0 Å². The molecular formula is C15H24N2O3. The number of nitrogens with one attached hydrogen (secondary N) is 1. The minimum absolute atomic E-state index is 0.0169. The fraction of sp³-hybridized carbons (Fsp3) is 0.533. The third-order valence-corrected chi connectivity index (χ3v) is 2.57. The number of rotatable bonds is 9. The van der Waals surface area contributed by atoms with Crippen LogP contribution in [0.4, 0.5) is 11.4 Å². The number of nitrogens with two attached hydrogens (primary N) is 1. The van der Waals surface area contributed by atoms with Gasteiger partial charge in [-0.15, -0.1) is 0 Å². The SMILES string of the molecule is CC(C)OCCOCCCC(=O)Nc1ccc(N)cc1. The molecule has 1 aromatic rings. The lowest BCUT2D eigenvalue weighted by Gasteiger charge is -2.08. The molecule has 0 aliphatic heterocycles. The Balaban J connectivity index is 2.04. The van der Waals surface area contributed by atoms with Crippen molar-refractivity contribution in [3.05, 3.63) is 24.3 Å². The van der Waals surface area contributed by atoms with E-state index in [4.69, 9.17) is 15.2 Å². The van der Waals surface area contributed by atoms with Crippen LogP contribution in [-0.4, -0.2) is 31.8 Å². The number of hydrogen-bond donors (Lipinski definition) is 2. The highest BCUT2D eigenvalue weighted by atomic mass is 16.5. The van der Waals surface area contributed by atoms with Crippen LogP contribution in [0.3, 0.4) is 0 Å². The zero-order valence-electron chi connectivity index (χ0n) is 12.2. The van der Waals surface area contributed by atoms with Gasteiger partial charge in [-0.2, -0.15) is 0 Å². The summed E-state index contributed by atoms with van der Waals surface area (Å²) in [6, 6.07) is 7.08. The van der Waals surface area contributed by atoms with Crippen molar-refractivity contribution in [2.75, 3.05) is 30.9 Å². The molecule has 0 saturated heterocycles. The van der Waals surface area contributed by atoms with Gasteiger partial charge in [-0.05, 0) is 44.5 Å². The lowest BCUT2D eigenvalue weighted by Crippen LogP contribution is -2.13. The molecule has 0 bridgehead atoms. The number of hydrogen-bond acceptors (Lipinski definition) is 4. The molecule has 112 valence electrons. The summed E-state index contributed by atoms with van der Waals surface area (Å²) in [6.07, 6.45) is 1.36. The number of amides is 1. The number of ether oxygens (including phenoxy) is 2. The van der Waals surface area contributed by atoms with Crippen LogP contribution in [0.2, 0.25) is 0 Å². The number of anilines is 2. The van der Waals surface area contributed by atoms with E-state index in [0.717, 1.165) is 5.69 Å². The van der Waals surface area contributed by atoms with Crippen molar-refractivity contribution in [2.24, 2.45) is 0 Å². The smallest absolute Gasteiger partial charge is 0.224 e. The molecule has 3 N–H and O–H groups in total. The first-order chi connectivity index (χ1) is 9.58. The molecule has 0 saturated carbocycles. The van der Waals surface area contributed by atoms with E-state index in [9.17, 15) is 4.79 Å². The summed E-state index contributed by atoms with van der Waals surface area (Å²) in [7, 11) is 0. The zero-order valence-corrected chi connectivity index (χ0v) is 12.2. The Morgan fingerprint density at radius 3 is 2.55 bits per heavy atom. The van der Waals surface area contributed by atoms with Gasteiger partial charge in [0, 0.05) is 24.4 Å². The Labute approximate surface area is 120 Å². The second-order valence-corrected chi connectivity index (χ2v) is 4.81. The maximum atomic E-state index is 11.7. The van der Waals surface area contributed by atoms with Crippen LogP contribution in [0.25, 0.3) is 0 Å². The number of carbonyl (C=O) groups excluding carboxylic acids is 1. The molecule has 0 aliphatic rings. The Hall–Kier alpha value is -1.59. The highest BCUT2D eigenvalue weighted by molar-refractivity contribution is 5.90. The van der Waals surface area contributed by atoms with Gasteiger partial charge in [0.05, 0.1) is 19.3 Å². The first kappa shape index (κ1) is 16.5. The molecule has 1 aromatic carbocycles. The summed E-state index contributed by atoms with van der Waals surface area (Å²) in [5, 5.41) is 2.81. The molecular weight excluding hydrogens is 256 g/mol. The predicted molar refractivity (Wildman–Crippen MR) is 80.6 cm³/mol. The van der Waals surface area contributed by atoms with E-state index in [2.05, 4.69) is 5.32 Å². The van der Waals surface area contributed by atoms with Crippen LogP contribution >= 0.6 is 0 Å². The fourth-order valence-corrected chi connectivity index (χ4v) is 1.57. The molecule has 0 aliphatic carbocycles. The normalized spacial score (nSPS) is 10.8. The van der Waals surface area contributed by atoms with Gasteiger partial charge in [0.25, 0.3) is 0 Å². The molecule has 0 unspecified atom stereocenters. The lowest BCUT2D eigenvalue weighted by atomic mass is 10.2. The highest BCUT2D eigenvalue weighted by Crippen LogP contribution is 2.10. The largest absolute Gasteiger partial charge is 0.399 e. The quantitative estimate of drug-likeness (QED) is 0.538. The van der Waals surface area contributed by atoms with E-state index in [1.165, 1.54) is 0 Å². The Morgan fingerprint density at radius 1 is 1.20 bits per heavy atom. The fourth-order valence-electron chi connectivity index (χ4n) is 1.57. The van der Waals surface area contributed by atoms with Crippen LogP contribution < -0.4 is 11.1 Å². The Morgan fingerprint density at radius 2 is 1.90 bits per heavy atom. The van der Waals surface area contributed by atoms with Gasteiger partial charge in [-0.1, -0.05) is 0 Å². The van der Waals surface area contributed by atoms with Crippen LogP contribution in [-0.2, 0) is 14.3 Å². The molecule has 0 spiro atoms. The Kier molecular flexibility index (Phi) is 7.69. The van der Waals surface area contributed by atoms with E-state index in [1.807, 2.05) is 13.8 Å². The molecule has 20 heavy (non-hydrogen) atoms. The minimum Gasteiger partial charge on any atom is -0.399 e. The third-order valence-electron chi connectivity index (χ3n) is 2.57. The summed E-state index contributed by atoms with van der Waals surface area (Å²) in [4.78, 5) is 11.7. The first-order valence-electron chi connectivity index (χ1n) is 6.92.